The van der Waals surface area contributed by atoms with Crippen LogP contribution in [0.5, 0.6) is 0 Å². The Bertz CT molecular complexity index is 660. The molecule has 2 aromatic rings. The molecule has 1 aliphatic rings. The summed E-state index contributed by atoms with van der Waals surface area (Å²) in [5.74, 6) is -0.872. The van der Waals surface area contributed by atoms with Gasteiger partial charge in [0.1, 0.15) is 12.1 Å². The van der Waals surface area contributed by atoms with Crippen molar-refractivity contribution in [3.8, 4) is 0 Å². The molecule has 2 aromatic heterocycles. The minimum Gasteiger partial charge on any atom is -0.388 e. The standard InChI is InChI=1S/C14H16F3N3OS/c15-14(16,17)9-2-1-4-13(21,6-9)7-18-12-11-10(3-5-22-11)19-8-20-12/h3,5,8-9,21H,1-2,4,6-7H2,(H,18,19,20). The number of anilines is 1. The van der Waals surface area contributed by atoms with Crippen LogP contribution in [0, 0.1) is 5.92 Å². The van der Waals surface area contributed by atoms with Gasteiger partial charge in [0.05, 0.1) is 21.7 Å². The van der Waals surface area contributed by atoms with Crippen LogP contribution in [0.4, 0.5) is 19.0 Å². The van der Waals surface area contributed by atoms with Crippen molar-refractivity contribution in [2.45, 2.75) is 37.5 Å². The Morgan fingerprint density at radius 1 is 1.41 bits per heavy atom. The van der Waals surface area contributed by atoms with E-state index in [-0.39, 0.29) is 19.4 Å². The summed E-state index contributed by atoms with van der Waals surface area (Å²) >= 11 is 1.46. The molecule has 2 heterocycles. The third kappa shape index (κ3) is 3.17. The van der Waals surface area contributed by atoms with E-state index in [0.717, 1.165) is 10.2 Å². The Kier molecular flexibility index (Phi) is 3.98. The van der Waals surface area contributed by atoms with Gasteiger partial charge in [-0.3, -0.25) is 0 Å². The zero-order chi connectivity index (χ0) is 15.8. The predicted molar refractivity (Wildman–Crippen MR) is 78.9 cm³/mol. The number of alkyl halides is 3. The topological polar surface area (TPSA) is 58.0 Å². The third-order valence-electron chi connectivity index (χ3n) is 4.11. The van der Waals surface area contributed by atoms with Gasteiger partial charge in [-0.25, -0.2) is 9.97 Å². The van der Waals surface area contributed by atoms with Crippen LogP contribution in [-0.4, -0.2) is 33.4 Å². The van der Waals surface area contributed by atoms with Crippen molar-refractivity contribution in [1.82, 2.24) is 9.97 Å². The SMILES string of the molecule is OC1(CNc2ncnc3ccsc23)CCCC(C(F)(F)F)C1. The fraction of sp³-hybridized carbons (Fsp3) is 0.571. The molecule has 0 amide bonds. The summed E-state index contributed by atoms with van der Waals surface area (Å²) in [5, 5.41) is 15.4. The second-order valence-electron chi connectivity index (χ2n) is 5.77. The van der Waals surface area contributed by atoms with Gasteiger partial charge in [0.15, 0.2) is 0 Å². The summed E-state index contributed by atoms with van der Waals surface area (Å²) in [7, 11) is 0. The number of hydrogen-bond acceptors (Lipinski definition) is 5. The van der Waals surface area contributed by atoms with Crippen LogP contribution in [-0.2, 0) is 0 Å². The Hall–Kier alpha value is -1.41. The number of nitrogens with one attached hydrogen (secondary N) is 1. The maximum atomic E-state index is 12.9. The lowest BCUT2D eigenvalue weighted by Crippen LogP contribution is -2.45. The number of thiophene rings is 1. The van der Waals surface area contributed by atoms with E-state index in [1.54, 1.807) is 0 Å². The first-order chi connectivity index (χ1) is 10.4. The molecule has 2 atom stereocenters. The largest absolute Gasteiger partial charge is 0.391 e. The van der Waals surface area contributed by atoms with Crippen molar-refractivity contribution in [1.29, 1.82) is 0 Å². The summed E-state index contributed by atoms with van der Waals surface area (Å²) in [4.78, 5) is 8.22. The summed E-state index contributed by atoms with van der Waals surface area (Å²) in [6, 6.07) is 1.85. The minimum absolute atomic E-state index is 0.0591. The van der Waals surface area contributed by atoms with Crippen molar-refractivity contribution >= 4 is 27.4 Å². The van der Waals surface area contributed by atoms with Gasteiger partial charge >= 0.3 is 6.18 Å². The average molecular weight is 331 g/mol. The van der Waals surface area contributed by atoms with Gasteiger partial charge in [-0.2, -0.15) is 13.2 Å². The molecule has 2 unspecified atom stereocenters. The third-order valence-corrected chi connectivity index (χ3v) is 5.02. The lowest BCUT2D eigenvalue weighted by molar-refractivity contribution is -0.199. The van der Waals surface area contributed by atoms with Crippen LogP contribution in [0.1, 0.15) is 25.7 Å². The molecule has 0 radical (unpaired) electrons. The number of fused-ring (bicyclic) bond motifs is 1. The number of nitrogens with zero attached hydrogens (tertiary/aromatic N) is 2. The zero-order valence-electron chi connectivity index (χ0n) is 11.7. The molecule has 0 spiro atoms. The summed E-state index contributed by atoms with van der Waals surface area (Å²) < 4.78 is 39.4. The van der Waals surface area contributed by atoms with E-state index in [4.69, 9.17) is 0 Å². The lowest BCUT2D eigenvalue weighted by atomic mass is 9.77. The molecule has 4 nitrogen and oxygen atoms in total. The first-order valence-electron chi connectivity index (χ1n) is 7.09. The molecule has 1 saturated carbocycles. The monoisotopic (exact) mass is 331 g/mol. The number of aliphatic hydroxyl groups is 1. The molecular weight excluding hydrogens is 315 g/mol. The summed E-state index contributed by atoms with van der Waals surface area (Å²) in [6.07, 6.45) is -2.27. The van der Waals surface area contributed by atoms with Crippen molar-refractivity contribution in [2.24, 2.45) is 5.92 Å². The number of aromatic nitrogens is 2. The van der Waals surface area contributed by atoms with E-state index >= 15 is 0 Å². The molecule has 8 heteroatoms. The smallest absolute Gasteiger partial charge is 0.388 e. The van der Waals surface area contributed by atoms with Crippen LogP contribution in [0.15, 0.2) is 17.8 Å². The van der Waals surface area contributed by atoms with E-state index < -0.39 is 17.7 Å². The van der Waals surface area contributed by atoms with E-state index in [0.29, 0.717) is 18.7 Å². The maximum absolute atomic E-state index is 12.9. The Morgan fingerprint density at radius 2 is 2.23 bits per heavy atom. The average Bonchev–Trinajstić information content (AvgIpc) is 2.93. The molecule has 0 aliphatic heterocycles. The van der Waals surface area contributed by atoms with Gasteiger partial charge < -0.3 is 10.4 Å². The Balaban J connectivity index is 1.71. The fourth-order valence-electron chi connectivity index (χ4n) is 2.94. The van der Waals surface area contributed by atoms with Gasteiger partial charge in [-0.15, -0.1) is 11.3 Å². The first-order valence-corrected chi connectivity index (χ1v) is 7.97. The van der Waals surface area contributed by atoms with Gasteiger partial charge in [0.25, 0.3) is 0 Å². The van der Waals surface area contributed by atoms with Crippen molar-refractivity contribution in [3.05, 3.63) is 17.8 Å². The molecule has 0 aromatic carbocycles. The summed E-state index contributed by atoms with van der Waals surface area (Å²) in [5.41, 5.74) is -0.571. The van der Waals surface area contributed by atoms with Crippen LogP contribution in [0.3, 0.4) is 0 Å². The van der Waals surface area contributed by atoms with Crippen molar-refractivity contribution < 1.29 is 18.3 Å². The maximum Gasteiger partial charge on any atom is 0.391 e. The van der Waals surface area contributed by atoms with E-state index in [2.05, 4.69) is 15.3 Å². The Labute approximate surface area is 129 Å². The quantitative estimate of drug-likeness (QED) is 0.902. The predicted octanol–water partition coefficient (Wildman–Crippen LogP) is 3.59. The lowest BCUT2D eigenvalue weighted by Gasteiger charge is -2.37. The number of halogens is 3. The zero-order valence-corrected chi connectivity index (χ0v) is 12.5. The molecule has 120 valence electrons. The highest BCUT2D eigenvalue weighted by Crippen LogP contribution is 2.41. The van der Waals surface area contributed by atoms with Crippen LogP contribution in [0.2, 0.25) is 0 Å². The second-order valence-corrected chi connectivity index (χ2v) is 6.69. The molecule has 22 heavy (non-hydrogen) atoms. The van der Waals surface area contributed by atoms with Crippen LogP contribution < -0.4 is 5.32 Å². The normalized spacial score (nSPS) is 26.3. The molecule has 2 N–H and O–H groups in total. The van der Waals surface area contributed by atoms with Crippen LogP contribution >= 0.6 is 11.3 Å². The highest BCUT2D eigenvalue weighted by Gasteiger charge is 2.46. The number of rotatable bonds is 3. The van der Waals surface area contributed by atoms with Crippen molar-refractivity contribution in [3.63, 3.8) is 0 Å². The van der Waals surface area contributed by atoms with E-state index in [1.807, 2.05) is 11.4 Å². The number of hydrogen-bond donors (Lipinski definition) is 2. The highest BCUT2D eigenvalue weighted by atomic mass is 32.1. The van der Waals surface area contributed by atoms with E-state index in [1.165, 1.54) is 17.7 Å². The van der Waals surface area contributed by atoms with E-state index in [9.17, 15) is 18.3 Å². The van der Waals surface area contributed by atoms with Crippen molar-refractivity contribution in [2.75, 3.05) is 11.9 Å². The van der Waals surface area contributed by atoms with Gasteiger partial charge in [0, 0.05) is 6.54 Å². The Morgan fingerprint density at radius 3 is 3.00 bits per heavy atom. The summed E-state index contributed by atoms with van der Waals surface area (Å²) in [6.45, 7) is 0.0591. The van der Waals surface area contributed by atoms with Gasteiger partial charge in [-0.05, 0) is 37.1 Å². The molecule has 0 saturated heterocycles. The molecule has 1 aliphatic carbocycles. The molecule has 1 fully saturated rings. The van der Waals surface area contributed by atoms with Crippen LogP contribution in [0.25, 0.3) is 10.2 Å². The second kappa shape index (κ2) is 5.66. The first kappa shape index (κ1) is 15.5. The molecule has 3 rings (SSSR count). The van der Waals surface area contributed by atoms with Gasteiger partial charge in [0.2, 0.25) is 0 Å². The fourth-order valence-corrected chi connectivity index (χ4v) is 3.75. The minimum atomic E-state index is -4.25. The molecule has 0 bridgehead atoms. The molecular formula is C14H16F3N3OS. The van der Waals surface area contributed by atoms with Gasteiger partial charge in [-0.1, -0.05) is 0 Å². The highest BCUT2D eigenvalue weighted by molar-refractivity contribution is 7.17.